The molecular formula is C41H68O12. The van der Waals surface area contributed by atoms with Gasteiger partial charge in [0, 0.05) is 13.3 Å². The van der Waals surface area contributed by atoms with Crippen molar-refractivity contribution in [2.45, 2.75) is 186 Å². The summed E-state index contributed by atoms with van der Waals surface area (Å²) in [6, 6.07) is 0. The molecule has 1 aliphatic heterocycles. The minimum absolute atomic E-state index is 0.189. The molecule has 1 aliphatic carbocycles. The van der Waals surface area contributed by atoms with E-state index < -0.39 is 82.3 Å². The van der Waals surface area contributed by atoms with Crippen molar-refractivity contribution < 1.29 is 57.1 Å². The fraction of sp³-hybridized carbons (Fsp3) is 0.829. The molecule has 304 valence electrons. The molecule has 12 heteroatoms. The van der Waals surface area contributed by atoms with E-state index in [9.17, 15) is 24.0 Å². The molecule has 0 saturated carbocycles. The van der Waals surface area contributed by atoms with Crippen LogP contribution >= 0.6 is 0 Å². The standard InChI is InChI=1S/C41H68O12/c1-23-20-26(49-25(3)42)21-41(16,17)27(23)19-18-24(2)48-32-31(53-36(46)40(13,14)15)30(52-35(45)39(10,11)12)29(51-34(44)38(7,8)9)28(50-32)22-47-33(43)37(4,5)6/h24,26,28-32H,18-22H2,1-17H3/t24-,26+,28+,29+,30-,31+,32+/m0/s1. The number of rotatable bonds is 11. The van der Waals surface area contributed by atoms with Crippen LogP contribution in [0.25, 0.3) is 0 Å². The number of carbonyl (C=O) groups excluding carboxylic acids is 5. The van der Waals surface area contributed by atoms with Crippen LogP contribution in [-0.4, -0.2) is 79.4 Å². The molecule has 0 aromatic carbocycles. The molecule has 2 aliphatic rings. The van der Waals surface area contributed by atoms with Crippen LogP contribution in [0.2, 0.25) is 0 Å². The highest BCUT2D eigenvalue weighted by Gasteiger charge is 2.55. The molecule has 0 radical (unpaired) electrons. The molecule has 1 heterocycles. The first-order chi connectivity index (χ1) is 23.8. The Labute approximate surface area is 317 Å². The molecular weight excluding hydrogens is 684 g/mol. The number of hydrogen-bond acceptors (Lipinski definition) is 12. The number of carbonyl (C=O) groups is 5. The minimum atomic E-state index is -1.39. The summed E-state index contributed by atoms with van der Waals surface area (Å²) in [6.07, 6.45) is -4.65. The second-order valence-corrected chi connectivity index (χ2v) is 19.5. The van der Waals surface area contributed by atoms with Gasteiger partial charge in [0.05, 0.1) is 27.8 Å². The second kappa shape index (κ2) is 17.2. The van der Waals surface area contributed by atoms with Gasteiger partial charge in [-0.05, 0) is 122 Å². The lowest BCUT2D eigenvalue weighted by Gasteiger charge is -2.46. The Hall–Kier alpha value is -2.99. The lowest BCUT2D eigenvalue weighted by atomic mass is 9.70. The number of allylic oxidation sites excluding steroid dienone is 1. The van der Waals surface area contributed by atoms with Crippen LogP contribution in [0.15, 0.2) is 11.1 Å². The summed E-state index contributed by atoms with van der Waals surface area (Å²) in [6.45, 7) is 29.5. The third-order valence-electron chi connectivity index (χ3n) is 9.25. The van der Waals surface area contributed by atoms with Crippen molar-refractivity contribution in [1.29, 1.82) is 0 Å². The van der Waals surface area contributed by atoms with E-state index in [1.807, 2.05) is 6.92 Å². The van der Waals surface area contributed by atoms with Gasteiger partial charge < -0.3 is 33.2 Å². The van der Waals surface area contributed by atoms with E-state index in [0.29, 0.717) is 25.7 Å². The molecule has 53 heavy (non-hydrogen) atoms. The molecule has 1 saturated heterocycles. The smallest absolute Gasteiger partial charge is 0.311 e. The number of esters is 5. The van der Waals surface area contributed by atoms with Gasteiger partial charge in [0.1, 0.15) is 18.8 Å². The van der Waals surface area contributed by atoms with Crippen LogP contribution in [0.5, 0.6) is 0 Å². The van der Waals surface area contributed by atoms with Crippen molar-refractivity contribution in [3.63, 3.8) is 0 Å². The molecule has 0 bridgehead atoms. The van der Waals surface area contributed by atoms with Crippen molar-refractivity contribution in [3.8, 4) is 0 Å². The Morgan fingerprint density at radius 3 is 1.60 bits per heavy atom. The van der Waals surface area contributed by atoms with Crippen LogP contribution in [0.3, 0.4) is 0 Å². The van der Waals surface area contributed by atoms with Gasteiger partial charge in [0.15, 0.2) is 24.6 Å². The summed E-state index contributed by atoms with van der Waals surface area (Å²) in [7, 11) is 0. The molecule has 0 aromatic rings. The van der Waals surface area contributed by atoms with Crippen LogP contribution in [0.4, 0.5) is 0 Å². The Balaban J connectivity index is 2.61. The van der Waals surface area contributed by atoms with Gasteiger partial charge in [-0.25, -0.2) is 0 Å². The molecule has 2 rings (SSSR count). The van der Waals surface area contributed by atoms with Gasteiger partial charge in [-0.15, -0.1) is 0 Å². The zero-order valence-corrected chi connectivity index (χ0v) is 35.5. The third kappa shape index (κ3) is 13.4. The molecule has 7 atom stereocenters. The fourth-order valence-corrected chi connectivity index (χ4v) is 6.12. The van der Waals surface area contributed by atoms with Crippen molar-refractivity contribution in [2.75, 3.05) is 6.61 Å². The zero-order chi connectivity index (χ0) is 41.1. The Morgan fingerprint density at radius 1 is 0.717 bits per heavy atom. The normalized spacial score (nSPS) is 25.9. The molecule has 0 amide bonds. The number of ether oxygens (including phenoxy) is 7. The van der Waals surface area contributed by atoms with E-state index in [4.69, 9.17) is 33.2 Å². The first-order valence-corrected chi connectivity index (χ1v) is 18.8. The average Bonchev–Trinajstić information content (AvgIpc) is 2.95. The predicted octanol–water partition coefficient (Wildman–Crippen LogP) is 7.43. The monoisotopic (exact) mass is 752 g/mol. The summed E-state index contributed by atoms with van der Waals surface area (Å²) < 4.78 is 42.5. The summed E-state index contributed by atoms with van der Waals surface area (Å²) in [4.78, 5) is 65.2. The Bertz CT molecular complexity index is 1360. The maximum atomic E-state index is 13.6. The van der Waals surface area contributed by atoms with Gasteiger partial charge in [-0.1, -0.05) is 25.0 Å². The molecule has 12 nitrogen and oxygen atoms in total. The van der Waals surface area contributed by atoms with E-state index in [0.717, 1.165) is 5.57 Å². The SMILES string of the molecule is CC(=O)O[C@@H]1CC(C)=C(CC[C@H](C)O[C@@H]2O[C@H](COC(=O)C(C)(C)C)[C@@H](OC(=O)C(C)(C)C)[C@H](OC(=O)C(C)(C)C)[C@H]2OC(=O)C(C)(C)C)C(C)(C)C1. The zero-order valence-electron chi connectivity index (χ0n) is 35.5. The maximum absolute atomic E-state index is 13.6. The van der Waals surface area contributed by atoms with Crippen LogP contribution in [-0.2, 0) is 57.1 Å². The fourth-order valence-electron chi connectivity index (χ4n) is 6.12. The highest BCUT2D eigenvalue weighted by atomic mass is 16.7. The average molecular weight is 753 g/mol. The van der Waals surface area contributed by atoms with Crippen LogP contribution in [0, 0.1) is 27.1 Å². The summed E-state index contributed by atoms with van der Waals surface area (Å²) in [5, 5.41) is 0. The van der Waals surface area contributed by atoms with E-state index in [2.05, 4.69) is 20.8 Å². The maximum Gasteiger partial charge on any atom is 0.311 e. The highest BCUT2D eigenvalue weighted by molar-refractivity contribution is 5.78. The van der Waals surface area contributed by atoms with Crippen LogP contribution < -0.4 is 0 Å². The summed E-state index contributed by atoms with van der Waals surface area (Å²) in [5.74, 6) is -2.70. The van der Waals surface area contributed by atoms with Gasteiger partial charge in [-0.2, -0.15) is 0 Å². The minimum Gasteiger partial charge on any atom is -0.462 e. The third-order valence-corrected chi connectivity index (χ3v) is 9.25. The van der Waals surface area contributed by atoms with E-state index >= 15 is 0 Å². The van der Waals surface area contributed by atoms with Crippen molar-refractivity contribution in [3.05, 3.63) is 11.1 Å². The first-order valence-electron chi connectivity index (χ1n) is 18.8. The van der Waals surface area contributed by atoms with E-state index in [-0.39, 0.29) is 24.1 Å². The Kier molecular flexibility index (Phi) is 15.0. The second-order valence-electron chi connectivity index (χ2n) is 19.5. The molecule has 0 N–H and O–H groups in total. The first kappa shape index (κ1) is 46.2. The molecule has 0 spiro atoms. The predicted molar refractivity (Wildman–Crippen MR) is 198 cm³/mol. The van der Waals surface area contributed by atoms with Gasteiger partial charge in [0.2, 0.25) is 0 Å². The van der Waals surface area contributed by atoms with Gasteiger partial charge in [-0.3, -0.25) is 24.0 Å². The lowest BCUT2D eigenvalue weighted by molar-refractivity contribution is -0.319. The lowest BCUT2D eigenvalue weighted by Crippen LogP contribution is -2.64. The van der Waals surface area contributed by atoms with E-state index in [1.165, 1.54) is 12.5 Å². The summed E-state index contributed by atoms with van der Waals surface area (Å²) in [5.41, 5.74) is -1.60. The highest BCUT2D eigenvalue weighted by Crippen LogP contribution is 2.44. The Morgan fingerprint density at radius 2 is 1.17 bits per heavy atom. The van der Waals surface area contributed by atoms with Crippen molar-refractivity contribution >= 4 is 29.8 Å². The molecule has 0 unspecified atom stereocenters. The number of hydrogen-bond donors (Lipinski definition) is 0. The van der Waals surface area contributed by atoms with Crippen molar-refractivity contribution in [2.24, 2.45) is 27.1 Å². The topological polar surface area (TPSA) is 150 Å². The van der Waals surface area contributed by atoms with Gasteiger partial charge in [0.25, 0.3) is 0 Å². The molecule has 1 fully saturated rings. The van der Waals surface area contributed by atoms with Crippen LogP contribution in [0.1, 0.15) is 143 Å². The quantitative estimate of drug-likeness (QED) is 0.117. The van der Waals surface area contributed by atoms with E-state index in [1.54, 1.807) is 83.1 Å². The molecule has 0 aromatic heterocycles. The summed E-state index contributed by atoms with van der Waals surface area (Å²) >= 11 is 0. The largest absolute Gasteiger partial charge is 0.462 e. The van der Waals surface area contributed by atoms with Crippen molar-refractivity contribution in [1.82, 2.24) is 0 Å². The van der Waals surface area contributed by atoms with Gasteiger partial charge >= 0.3 is 29.8 Å².